The van der Waals surface area contributed by atoms with Crippen molar-refractivity contribution in [2.45, 2.75) is 32.6 Å². The molecular weight excluding hydrogens is 266 g/mol. The van der Waals surface area contributed by atoms with Gasteiger partial charge in [0.15, 0.2) is 11.5 Å². The minimum atomic E-state index is -0.227. The van der Waals surface area contributed by atoms with Gasteiger partial charge in [-0.05, 0) is 44.7 Å². The molecule has 1 aliphatic carbocycles. The molecule has 1 aromatic heterocycles. The Morgan fingerprint density at radius 2 is 2.05 bits per heavy atom. The normalized spacial score (nSPS) is 13.6. The van der Waals surface area contributed by atoms with Crippen molar-refractivity contribution in [1.29, 1.82) is 0 Å². The van der Waals surface area contributed by atoms with Crippen LogP contribution in [0.1, 0.15) is 51.9 Å². The predicted molar refractivity (Wildman–Crippen MR) is 79.6 cm³/mol. The minimum absolute atomic E-state index is 0.0248. The Kier molecular flexibility index (Phi) is 3.56. The lowest BCUT2D eigenvalue weighted by molar-refractivity contribution is 0.100. The zero-order valence-corrected chi connectivity index (χ0v) is 11.9. The molecule has 0 saturated carbocycles. The van der Waals surface area contributed by atoms with Gasteiger partial charge in [-0.2, -0.15) is 5.10 Å². The third-order valence-electron chi connectivity index (χ3n) is 3.80. The highest BCUT2D eigenvalue weighted by atomic mass is 16.2. The maximum atomic E-state index is 12.3. The molecule has 0 saturated heterocycles. The summed E-state index contributed by atoms with van der Waals surface area (Å²) in [5.41, 5.74) is 3.76. The molecule has 1 heterocycles. The smallest absolute Gasteiger partial charge is 0.276 e. The van der Waals surface area contributed by atoms with Crippen molar-refractivity contribution in [2.24, 2.45) is 0 Å². The maximum Gasteiger partial charge on any atom is 0.276 e. The lowest BCUT2D eigenvalue weighted by Gasteiger charge is -2.11. The topological polar surface area (TPSA) is 74.8 Å². The maximum absolute atomic E-state index is 12.3. The number of aromatic amines is 1. The van der Waals surface area contributed by atoms with Crippen molar-refractivity contribution in [3.8, 4) is 0 Å². The zero-order valence-electron chi connectivity index (χ0n) is 11.9. The van der Waals surface area contributed by atoms with Gasteiger partial charge in [0.2, 0.25) is 0 Å². The summed E-state index contributed by atoms with van der Waals surface area (Å²) in [6.07, 6.45) is 4.07. The number of amides is 1. The monoisotopic (exact) mass is 283 g/mol. The van der Waals surface area contributed by atoms with Gasteiger partial charge in [-0.15, -0.1) is 0 Å². The van der Waals surface area contributed by atoms with Gasteiger partial charge < -0.3 is 5.32 Å². The van der Waals surface area contributed by atoms with E-state index < -0.39 is 0 Å². The summed E-state index contributed by atoms with van der Waals surface area (Å²) < 4.78 is 0. The first-order chi connectivity index (χ1) is 10.1. The molecule has 1 aliphatic rings. The Hall–Kier alpha value is -2.43. The Labute approximate surface area is 122 Å². The van der Waals surface area contributed by atoms with Crippen LogP contribution in [0, 0.1) is 0 Å². The van der Waals surface area contributed by atoms with E-state index in [1.165, 1.54) is 6.92 Å². The van der Waals surface area contributed by atoms with Crippen LogP contribution in [0.25, 0.3) is 0 Å². The molecule has 0 radical (unpaired) electrons. The lowest BCUT2D eigenvalue weighted by atomic mass is 9.96. The third-order valence-corrected chi connectivity index (χ3v) is 3.80. The molecule has 5 nitrogen and oxygen atoms in total. The van der Waals surface area contributed by atoms with Crippen LogP contribution in [0.4, 0.5) is 5.69 Å². The molecule has 2 N–H and O–H groups in total. The fraction of sp³-hybridized carbons (Fsp3) is 0.312. The van der Waals surface area contributed by atoms with Gasteiger partial charge in [0.25, 0.3) is 5.91 Å². The number of hydrogen-bond donors (Lipinski definition) is 2. The number of anilines is 1. The molecule has 0 fully saturated rings. The Bertz CT molecular complexity index is 703. The highest BCUT2D eigenvalue weighted by Gasteiger charge is 2.21. The Morgan fingerprint density at radius 1 is 1.24 bits per heavy atom. The van der Waals surface area contributed by atoms with Gasteiger partial charge in [-0.3, -0.25) is 14.7 Å². The summed E-state index contributed by atoms with van der Waals surface area (Å²) >= 11 is 0. The number of carbonyl (C=O) groups is 2. The summed E-state index contributed by atoms with van der Waals surface area (Å²) in [4.78, 5) is 23.7. The third kappa shape index (κ3) is 2.72. The number of carbonyl (C=O) groups excluding carboxylic acids is 2. The number of aryl methyl sites for hydroxylation is 1. The van der Waals surface area contributed by atoms with Crippen molar-refractivity contribution in [2.75, 3.05) is 5.32 Å². The zero-order chi connectivity index (χ0) is 14.8. The highest BCUT2D eigenvalue weighted by Crippen LogP contribution is 2.23. The van der Waals surface area contributed by atoms with E-state index >= 15 is 0 Å². The van der Waals surface area contributed by atoms with E-state index in [4.69, 9.17) is 0 Å². The Morgan fingerprint density at radius 3 is 2.86 bits per heavy atom. The molecule has 108 valence electrons. The Balaban J connectivity index is 1.82. The second-order valence-electron chi connectivity index (χ2n) is 5.33. The summed E-state index contributed by atoms with van der Waals surface area (Å²) in [5, 5.41) is 9.92. The summed E-state index contributed by atoms with van der Waals surface area (Å²) in [6.45, 7) is 1.50. The number of fused-ring (bicyclic) bond motifs is 1. The molecule has 0 unspecified atom stereocenters. The van der Waals surface area contributed by atoms with Crippen LogP contribution < -0.4 is 5.32 Å². The number of Topliss-reactive ketones (excluding diaryl/α,β-unsaturated/α-hetero) is 1. The van der Waals surface area contributed by atoms with Gasteiger partial charge in [-0.25, -0.2) is 0 Å². The van der Waals surface area contributed by atoms with E-state index in [0.717, 1.165) is 36.9 Å². The van der Waals surface area contributed by atoms with E-state index in [1.807, 2.05) is 0 Å². The summed E-state index contributed by atoms with van der Waals surface area (Å²) in [6, 6.07) is 6.93. The fourth-order valence-corrected chi connectivity index (χ4v) is 2.67. The molecule has 0 aliphatic heterocycles. The summed E-state index contributed by atoms with van der Waals surface area (Å²) in [5.74, 6) is -0.252. The van der Waals surface area contributed by atoms with E-state index in [2.05, 4.69) is 15.5 Å². The second-order valence-corrected chi connectivity index (χ2v) is 5.33. The molecule has 1 amide bonds. The average Bonchev–Trinajstić information content (AvgIpc) is 2.91. The van der Waals surface area contributed by atoms with Gasteiger partial charge in [0.05, 0.1) is 0 Å². The largest absolute Gasteiger partial charge is 0.321 e. The first-order valence-electron chi connectivity index (χ1n) is 7.13. The number of nitrogens with zero attached hydrogens (tertiary/aromatic N) is 1. The van der Waals surface area contributed by atoms with Crippen molar-refractivity contribution in [3.63, 3.8) is 0 Å². The van der Waals surface area contributed by atoms with Crippen LogP contribution >= 0.6 is 0 Å². The molecule has 3 rings (SSSR count). The van der Waals surface area contributed by atoms with Crippen molar-refractivity contribution >= 4 is 17.4 Å². The van der Waals surface area contributed by atoms with Crippen LogP contribution in [-0.4, -0.2) is 21.9 Å². The van der Waals surface area contributed by atoms with Gasteiger partial charge in [0, 0.05) is 22.5 Å². The van der Waals surface area contributed by atoms with Crippen molar-refractivity contribution < 1.29 is 9.59 Å². The van der Waals surface area contributed by atoms with Crippen LogP contribution in [-0.2, 0) is 12.8 Å². The molecular formula is C16H17N3O2. The predicted octanol–water partition coefficient (Wildman–Crippen LogP) is 2.74. The second kappa shape index (κ2) is 5.52. The van der Waals surface area contributed by atoms with Gasteiger partial charge in [-0.1, -0.05) is 12.1 Å². The number of H-pyrrole nitrogens is 1. The summed E-state index contributed by atoms with van der Waals surface area (Å²) in [7, 11) is 0. The number of ketones is 1. The van der Waals surface area contributed by atoms with Gasteiger partial charge in [0.1, 0.15) is 0 Å². The number of nitrogens with one attached hydrogen (secondary N) is 2. The lowest BCUT2D eigenvalue weighted by Crippen LogP contribution is -2.15. The van der Waals surface area contributed by atoms with Crippen LogP contribution in [0.5, 0.6) is 0 Å². The molecule has 0 spiro atoms. The number of aromatic nitrogens is 2. The van der Waals surface area contributed by atoms with E-state index in [0.29, 0.717) is 16.9 Å². The van der Waals surface area contributed by atoms with Crippen LogP contribution in [0.15, 0.2) is 24.3 Å². The SMILES string of the molecule is CC(=O)c1cccc(NC(=O)c2n[nH]c3c2CCCC3)c1. The van der Waals surface area contributed by atoms with E-state index in [-0.39, 0.29) is 11.7 Å². The first kappa shape index (κ1) is 13.5. The van der Waals surface area contributed by atoms with Crippen molar-refractivity contribution in [1.82, 2.24) is 10.2 Å². The van der Waals surface area contributed by atoms with Gasteiger partial charge >= 0.3 is 0 Å². The molecule has 2 aromatic rings. The molecule has 0 atom stereocenters. The molecule has 1 aromatic carbocycles. The quantitative estimate of drug-likeness (QED) is 0.850. The number of benzene rings is 1. The van der Waals surface area contributed by atoms with E-state index in [9.17, 15) is 9.59 Å². The number of hydrogen-bond acceptors (Lipinski definition) is 3. The molecule has 5 heteroatoms. The van der Waals surface area contributed by atoms with E-state index in [1.54, 1.807) is 24.3 Å². The minimum Gasteiger partial charge on any atom is -0.321 e. The van der Waals surface area contributed by atoms with Crippen molar-refractivity contribution in [3.05, 3.63) is 46.8 Å². The van der Waals surface area contributed by atoms with Crippen LogP contribution in [0.3, 0.4) is 0 Å². The van der Waals surface area contributed by atoms with Crippen LogP contribution in [0.2, 0.25) is 0 Å². The average molecular weight is 283 g/mol. The number of rotatable bonds is 3. The first-order valence-corrected chi connectivity index (χ1v) is 7.13. The highest BCUT2D eigenvalue weighted by molar-refractivity contribution is 6.05. The molecule has 21 heavy (non-hydrogen) atoms. The fourth-order valence-electron chi connectivity index (χ4n) is 2.67. The standard InChI is InChI=1S/C16H17N3O2/c1-10(20)11-5-4-6-12(9-11)17-16(21)15-13-7-2-3-8-14(13)18-19-15/h4-6,9H,2-3,7-8H2,1H3,(H,17,21)(H,18,19). The molecule has 0 bridgehead atoms.